The molecule has 3 amide bonds. The monoisotopic (exact) mass is 286 g/mol. The molecule has 0 bridgehead atoms. The summed E-state index contributed by atoms with van der Waals surface area (Å²) in [6, 6.07) is 7.92. The molecule has 0 radical (unpaired) electrons. The minimum atomic E-state index is -0.474. The summed E-state index contributed by atoms with van der Waals surface area (Å²) in [5.74, 6) is -0.0985. The lowest BCUT2D eigenvalue weighted by atomic mass is 10.00. The molecule has 0 aromatic heterocycles. The van der Waals surface area contributed by atoms with Crippen LogP contribution in [0.15, 0.2) is 24.3 Å². The Kier molecular flexibility index (Phi) is 4.43. The van der Waals surface area contributed by atoms with Crippen molar-refractivity contribution in [2.75, 3.05) is 18.4 Å². The zero-order valence-corrected chi connectivity index (χ0v) is 12.1. The summed E-state index contributed by atoms with van der Waals surface area (Å²) in [7, 11) is 0. The molecule has 21 heavy (non-hydrogen) atoms. The number of nitrogens with zero attached hydrogens (tertiary/aromatic N) is 2. The summed E-state index contributed by atoms with van der Waals surface area (Å²) in [5.41, 5.74) is 1.03. The highest BCUT2D eigenvalue weighted by Gasteiger charge is 2.35. The predicted molar refractivity (Wildman–Crippen MR) is 78.5 cm³/mol. The van der Waals surface area contributed by atoms with Gasteiger partial charge in [-0.15, -0.1) is 0 Å². The molecule has 1 atom stereocenters. The molecule has 1 aromatic rings. The van der Waals surface area contributed by atoms with Crippen molar-refractivity contribution in [3.8, 4) is 6.07 Å². The molecule has 1 aliphatic rings. The van der Waals surface area contributed by atoms with Gasteiger partial charge in [-0.1, -0.05) is 19.9 Å². The molecule has 0 saturated carbocycles. The first-order chi connectivity index (χ1) is 10.0. The standard InChI is InChI=1S/C15H18N4O2/c1-10(2)13-14(20)17-6-7-19(13)15(21)18-12-5-3-4-11(8-12)9-16/h3-5,8,10,13H,6-7H2,1-2H3,(H,17,20)(H,18,21)/t13-/m0/s1. The van der Waals surface area contributed by atoms with Gasteiger partial charge in [-0.3, -0.25) is 4.79 Å². The fourth-order valence-electron chi connectivity index (χ4n) is 2.44. The largest absolute Gasteiger partial charge is 0.353 e. The highest BCUT2D eigenvalue weighted by molar-refractivity contribution is 5.94. The summed E-state index contributed by atoms with van der Waals surface area (Å²) in [4.78, 5) is 25.9. The Morgan fingerprint density at radius 3 is 2.95 bits per heavy atom. The summed E-state index contributed by atoms with van der Waals surface area (Å²) >= 11 is 0. The lowest BCUT2D eigenvalue weighted by Crippen LogP contribution is -2.60. The van der Waals surface area contributed by atoms with Gasteiger partial charge in [-0.25, -0.2) is 4.79 Å². The van der Waals surface area contributed by atoms with E-state index in [1.54, 1.807) is 29.2 Å². The van der Waals surface area contributed by atoms with E-state index >= 15 is 0 Å². The van der Waals surface area contributed by atoms with Crippen LogP contribution in [0.3, 0.4) is 0 Å². The number of piperazine rings is 1. The van der Waals surface area contributed by atoms with Crippen LogP contribution in [0.5, 0.6) is 0 Å². The van der Waals surface area contributed by atoms with Gasteiger partial charge < -0.3 is 15.5 Å². The molecule has 2 rings (SSSR count). The van der Waals surface area contributed by atoms with Crippen LogP contribution in [0.25, 0.3) is 0 Å². The lowest BCUT2D eigenvalue weighted by Gasteiger charge is -2.37. The van der Waals surface area contributed by atoms with E-state index in [-0.39, 0.29) is 17.9 Å². The van der Waals surface area contributed by atoms with E-state index in [2.05, 4.69) is 10.6 Å². The second kappa shape index (κ2) is 6.27. The smallest absolute Gasteiger partial charge is 0.322 e. The van der Waals surface area contributed by atoms with E-state index < -0.39 is 6.04 Å². The van der Waals surface area contributed by atoms with Crippen molar-refractivity contribution in [1.29, 1.82) is 5.26 Å². The second-order valence-electron chi connectivity index (χ2n) is 5.30. The van der Waals surface area contributed by atoms with Crippen LogP contribution in [-0.4, -0.2) is 36.0 Å². The second-order valence-corrected chi connectivity index (χ2v) is 5.30. The molecular weight excluding hydrogens is 268 g/mol. The maximum absolute atomic E-state index is 12.4. The zero-order chi connectivity index (χ0) is 15.4. The van der Waals surface area contributed by atoms with Crippen LogP contribution < -0.4 is 10.6 Å². The number of anilines is 1. The van der Waals surface area contributed by atoms with E-state index in [9.17, 15) is 9.59 Å². The number of rotatable bonds is 2. The Hall–Kier alpha value is -2.55. The summed E-state index contributed by atoms with van der Waals surface area (Å²) in [5, 5.41) is 14.4. The van der Waals surface area contributed by atoms with Crippen molar-refractivity contribution in [3.63, 3.8) is 0 Å². The minimum absolute atomic E-state index is 0.0292. The zero-order valence-electron chi connectivity index (χ0n) is 12.1. The van der Waals surface area contributed by atoms with Gasteiger partial charge in [0.1, 0.15) is 6.04 Å². The number of carbonyl (C=O) groups excluding carboxylic acids is 2. The summed E-state index contributed by atoms with van der Waals surface area (Å²) < 4.78 is 0. The van der Waals surface area contributed by atoms with Crippen LogP contribution in [0.1, 0.15) is 19.4 Å². The maximum Gasteiger partial charge on any atom is 0.322 e. The molecule has 0 aliphatic carbocycles. The Morgan fingerprint density at radius 2 is 2.29 bits per heavy atom. The average molecular weight is 286 g/mol. The number of urea groups is 1. The van der Waals surface area contributed by atoms with Gasteiger partial charge in [-0.2, -0.15) is 5.26 Å². The highest BCUT2D eigenvalue weighted by Crippen LogP contribution is 2.17. The molecule has 2 N–H and O–H groups in total. The van der Waals surface area contributed by atoms with Crippen molar-refractivity contribution in [2.24, 2.45) is 5.92 Å². The van der Waals surface area contributed by atoms with E-state index in [0.29, 0.717) is 24.3 Å². The minimum Gasteiger partial charge on any atom is -0.353 e. The molecular formula is C15H18N4O2. The molecule has 0 unspecified atom stereocenters. The van der Waals surface area contributed by atoms with Gasteiger partial charge in [0.2, 0.25) is 5.91 Å². The lowest BCUT2D eigenvalue weighted by molar-refractivity contribution is -0.129. The van der Waals surface area contributed by atoms with Gasteiger partial charge in [0.25, 0.3) is 0 Å². The number of carbonyl (C=O) groups is 2. The van der Waals surface area contributed by atoms with Crippen LogP contribution in [0.4, 0.5) is 10.5 Å². The summed E-state index contributed by atoms with van der Waals surface area (Å²) in [6.45, 7) is 4.74. The van der Waals surface area contributed by atoms with E-state index in [1.165, 1.54) is 0 Å². The van der Waals surface area contributed by atoms with Gasteiger partial charge >= 0.3 is 6.03 Å². The third-order valence-electron chi connectivity index (χ3n) is 3.39. The van der Waals surface area contributed by atoms with Crippen molar-refractivity contribution in [3.05, 3.63) is 29.8 Å². The fraction of sp³-hybridized carbons (Fsp3) is 0.400. The van der Waals surface area contributed by atoms with Crippen molar-refractivity contribution in [2.45, 2.75) is 19.9 Å². The average Bonchev–Trinajstić information content (AvgIpc) is 2.46. The molecule has 1 aliphatic heterocycles. The topological polar surface area (TPSA) is 85.2 Å². The first-order valence-corrected chi connectivity index (χ1v) is 6.88. The molecule has 6 heteroatoms. The number of nitriles is 1. The fourth-order valence-corrected chi connectivity index (χ4v) is 2.44. The summed E-state index contributed by atoms with van der Waals surface area (Å²) in [6.07, 6.45) is 0. The number of benzene rings is 1. The van der Waals surface area contributed by atoms with Crippen LogP contribution in [0.2, 0.25) is 0 Å². The first kappa shape index (κ1) is 14.9. The van der Waals surface area contributed by atoms with Crippen LogP contribution in [0, 0.1) is 17.2 Å². The predicted octanol–water partition coefficient (Wildman–Crippen LogP) is 1.55. The number of nitrogens with one attached hydrogen (secondary N) is 2. The van der Waals surface area contributed by atoms with Gasteiger partial charge in [0.15, 0.2) is 0 Å². The van der Waals surface area contributed by atoms with Crippen LogP contribution >= 0.6 is 0 Å². The van der Waals surface area contributed by atoms with E-state index in [1.807, 2.05) is 19.9 Å². The van der Waals surface area contributed by atoms with E-state index in [0.717, 1.165) is 0 Å². The van der Waals surface area contributed by atoms with Crippen molar-refractivity contribution >= 4 is 17.6 Å². The van der Waals surface area contributed by atoms with Gasteiger partial charge in [0.05, 0.1) is 11.6 Å². The molecule has 1 heterocycles. The van der Waals surface area contributed by atoms with Crippen LogP contribution in [-0.2, 0) is 4.79 Å². The third-order valence-corrected chi connectivity index (χ3v) is 3.39. The molecule has 6 nitrogen and oxygen atoms in total. The Labute approximate surface area is 123 Å². The number of amides is 3. The van der Waals surface area contributed by atoms with E-state index in [4.69, 9.17) is 5.26 Å². The highest BCUT2D eigenvalue weighted by atomic mass is 16.2. The molecule has 110 valence electrons. The molecule has 1 aromatic carbocycles. The van der Waals surface area contributed by atoms with Gasteiger partial charge in [0, 0.05) is 18.8 Å². The Balaban J connectivity index is 2.14. The van der Waals surface area contributed by atoms with Crippen molar-refractivity contribution in [1.82, 2.24) is 10.2 Å². The van der Waals surface area contributed by atoms with Crippen molar-refractivity contribution < 1.29 is 9.59 Å². The number of hydrogen-bond acceptors (Lipinski definition) is 3. The quantitative estimate of drug-likeness (QED) is 0.865. The number of hydrogen-bond donors (Lipinski definition) is 2. The Morgan fingerprint density at radius 1 is 1.52 bits per heavy atom. The Bertz CT molecular complexity index is 592. The normalized spacial score (nSPS) is 18.1. The molecule has 0 spiro atoms. The first-order valence-electron chi connectivity index (χ1n) is 6.88. The molecule has 1 fully saturated rings. The molecule has 1 saturated heterocycles. The maximum atomic E-state index is 12.4. The third kappa shape index (κ3) is 3.31. The van der Waals surface area contributed by atoms with Gasteiger partial charge in [-0.05, 0) is 24.1 Å². The SMILES string of the molecule is CC(C)[C@H]1C(=O)NCCN1C(=O)Nc1cccc(C#N)c1.